The van der Waals surface area contributed by atoms with Gasteiger partial charge in [0.15, 0.2) is 0 Å². The van der Waals surface area contributed by atoms with Gasteiger partial charge in [0, 0.05) is 5.69 Å². The van der Waals surface area contributed by atoms with Crippen molar-refractivity contribution >= 4 is 33.1 Å². The highest BCUT2D eigenvalue weighted by atomic mass is 32.1. The summed E-state index contributed by atoms with van der Waals surface area (Å²) in [6, 6.07) is 16.2. The summed E-state index contributed by atoms with van der Waals surface area (Å²) in [7, 11) is 1.96. The molecule has 25 heavy (non-hydrogen) atoms. The molecule has 0 fully saturated rings. The summed E-state index contributed by atoms with van der Waals surface area (Å²) >= 11 is 1.69. The largest absolute Gasteiger partial charge is 0.325 e. The summed E-state index contributed by atoms with van der Waals surface area (Å²) in [6.45, 7) is 4.52. The molecule has 0 aliphatic carbocycles. The molecule has 1 N–H and O–H groups in total. The first-order valence-electron chi connectivity index (χ1n) is 8.51. The van der Waals surface area contributed by atoms with Crippen LogP contribution < -0.4 is 5.32 Å². The highest BCUT2D eigenvalue weighted by Crippen LogP contribution is 2.28. The molecule has 4 nitrogen and oxygen atoms in total. The predicted molar refractivity (Wildman–Crippen MR) is 105 cm³/mol. The van der Waals surface area contributed by atoms with Crippen LogP contribution in [0.1, 0.15) is 30.5 Å². The van der Waals surface area contributed by atoms with Crippen molar-refractivity contribution in [1.29, 1.82) is 0 Å². The first-order chi connectivity index (χ1) is 12.1. The van der Waals surface area contributed by atoms with E-state index in [2.05, 4.69) is 31.3 Å². The fourth-order valence-corrected chi connectivity index (χ4v) is 3.77. The Balaban J connectivity index is 1.63. The molecule has 130 valence electrons. The monoisotopic (exact) mass is 353 g/mol. The van der Waals surface area contributed by atoms with Gasteiger partial charge in [-0.2, -0.15) is 0 Å². The van der Waals surface area contributed by atoms with Crippen LogP contribution in [-0.4, -0.2) is 29.4 Å². The summed E-state index contributed by atoms with van der Waals surface area (Å²) in [5, 5.41) is 4.01. The zero-order valence-corrected chi connectivity index (χ0v) is 15.6. The van der Waals surface area contributed by atoms with E-state index in [1.165, 1.54) is 10.3 Å². The number of carbonyl (C=O) groups is 1. The lowest BCUT2D eigenvalue weighted by Crippen LogP contribution is -2.32. The van der Waals surface area contributed by atoms with Crippen molar-refractivity contribution in [3.05, 3.63) is 59.1 Å². The van der Waals surface area contributed by atoms with E-state index >= 15 is 0 Å². The van der Waals surface area contributed by atoms with Gasteiger partial charge in [-0.3, -0.25) is 9.69 Å². The third-order valence-electron chi connectivity index (χ3n) is 4.34. The predicted octanol–water partition coefficient (Wildman–Crippen LogP) is 4.49. The Morgan fingerprint density at radius 2 is 2.04 bits per heavy atom. The second-order valence-electron chi connectivity index (χ2n) is 6.21. The molecular formula is C20H23N3OS. The van der Waals surface area contributed by atoms with Crippen LogP contribution in [0.4, 0.5) is 5.69 Å². The number of fused-ring (bicyclic) bond motifs is 1. The topological polar surface area (TPSA) is 45.2 Å². The quantitative estimate of drug-likeness (QED) is 0.710. The standard InChI is InChI=1S/C20H23N3OS/c1-4-15-8-7-9-16(12-15)21-19(24)13-23(3)14(2)20-22-17-10-5-6-11-18(17)25-20/h5-12,14H,4,13H2,1-3H3,(H,21,24)/t14-/m0/s1. The molecule has 3 aromatic rings. The van der Waals surface area contributed by atoms with E-state index in [-0.39, 0.29) is 11.9 Å². The van der Waals surface area contributed by atoms with E-state index in [9.17, 15) is 4.79 Å². The second-order valence-corrected chi connectivity index (χ2v) is 7.28. The molecule has 0 bridgehead atoms. The Morgan fingerprint density at radius 3 is 2.80 bits per heavy atom. The van der Waals surface area contributed by atoms with Gasteiger partial charge < -0.3 is 5.32 Å². The number of benzene rings is 2. The maximum Gasteiger partial charge on any atom is 0.238 e. The highest BCUT2D eigenvalue weighted by molar-refractivity contribution is 7.18. The van der Waals surface area contributed by atoms with Gasteiger partial charge in [-0.05, 0) is 50.2 Å². The van der Waals surface area contributed by atoms with Crippen LogP contribution in [0.5, 0.6) is 0 Å². The average molecular weight is 353 g/mol. The summed E-state index contributed by atoms with van der Waals surface area (Å²) < 4.78 is 1.18. The van der Waals surface area contributed by atoms with Crippen molar-refractivity contribution < 1.29 is 4.79 Å². The van der Waals surface area contributed by atoms with Gasteiger partial charge in [-0.25, -0.2) is 4.98 Å². The highest BCUT2D eigenvalue weighted by Gasteiger charge is 2.18. The van der Waals surface area contributed by atoms with Crippen LogP contribution in [0.2, 0.25) is 0 Å². The molecule has 1 amide bonds. The number of nitrogens with zero attached hydrogens (tertiary/aromatic N) is 2. The fraction of sp³-hybridized carbons (Fsp3) is 0.300. The number of amides is 1. The van der Waals surface area contributed by atoms with Crippen LogP contribution in [-0.2, 0) is 11.2 Å². The number of anilines is 1. The SMILES string of the molecule is CCc1cccc(NC(=O)CN(C)[C@@H](C)c2nc3ccccc3s2)c1. The van der Waals surface area contributed by atoms with E-state index in [1.807, 2.05) is 48.3 Å². The molecule has 0 spiro atoms. The molecule has 0 aliphatic heterocycles. The second kappa shape index (κ2) is 7.76. The summed E-state index contributed by atoms with van der Waals surface area (Å²) in [5.74, 6) is -0.0104. The maximum absolute atomic E-state index is 12.4. The van der Waals surface area contributed by atoms with Crippen LogP contribution in [0.15, 0.2) is 48.5 Å². The van der Waals surface area contributed by atoms with Gasteiger partial charge in [0.05, 0.1) is 22.8 Å². The van der Waals surface area contributed by atoms with Crippen LogP contribution in [0.3, 0.4) is 0 Å². The molecule has 3 rings (SSSR count). The van der Waals surface area contributed by atoms with Gasteiger partial charge in [0.1, 0.15) is 5.01 Å². The number of likely N-dealkylation sites (N-methyl/N-ethyl adjacent to an activating group) is 1. The molecule has 0 radical (unpaired) electrons. The Kier molecular flexibility index (Phi) is 5.46. The van der Waals surface area contributed by atoms with Gasteiger partial charge in [0.2, 0.25) is 5.91 Å². The van der Waals surface area contributed by atoms with Gasteiger partial charge in [-0.1, -0.05) is 31.2 Å². The lowest BCUT2D eigenvalue weighted by Gasteiger charge is -2.22. The zero-order valence-electron chi connectivity index (χ0n) is 14.8. The minimum absolute atomic E-state index is 0.0104. The van der Waals surface area contributed by atoms with E-state index in [1.54, 1.807) is 11.3 Å². The summed E-state index contributed by atoms with van der Waals surface area (Å²) in [6.07, 6.45) is 0.957. The van der Waals surface area contributed by atoms with E-state index < -0.39 is 0 Å². The van der Waals surface area contributed by atoms with Crippen LogP contribution >= 0.6 is 11.3 Å². The number of rotatable bonds is 6. The fourth-order valence-electron chi connectivity index (χ4n) is 2.69. The number of carbonyl (C=O) groups excluding carboxylic acids is 1. The summed E-state index contributed by atoms with van der Waals surface area (Å²) in [5.41, 5.74) is 3.09. The average Bonchev–Trinajstić information content (AvgIpc) is 3.05. The first kappa shape index (κ1) is 17.6. The van der Waals surface area contributed by atoms with Crippen molar-refractivity contribution in [2.24, 2.45) is 0 Å². The Morgan fingerprint density at radius 1 is 1.24 bits per heavy atom. The third kappa shape index (κ3) is 4.24. The normalized spacial score (nSPS) is 12.5. The number of para-hydroxylation sites is 1. The molecule has 0 unspecified atom stereocenters. The molecule has 0 saturated carbocycles. The van der Waals surface area contributed by atoms with Crippen molar-refractivity contribution in [1.82, 2.24) is 9.88 Å². The van der Waals surface area contributed by atoms with Crippen molar-refractivity contribution in [3.63, 3.8) is 0 Å². The number of aryl methyl sites for hydroxylation is 1. The van der Waals surface area contributed by atoms with E-state index in [0.717, 1.165) is 22.6 Å². The van der Waals surface area contributed by atoms with Gasteiger partial charge in [0.25, 0.3) is 0 Å². The zero-order chi connectivity index (χ0) is 17.8. The minimum atomic E-state index is -0.0104. The Labute approximate surface area is 152 Å². The molecule has 0 saturated heterocycles. The number of thiazole rings is 1. The first-order valence-corrected chi connectivity index (χ1v) is 9.33. The molecule has 0 aliphatic rings. The molecule has 1 heterocycles. The van der Waals surface area contributed by atoms with Gasteiger partial charge >= 0.3 is 0 Å². The maximum atomic E-state index is 12.4. The molecule has 2 aromatic carbocycles. The molecular weight excluding hydrogens is 330 g/mol. The lowest BCUT2D eigenvalue weighted by molar-refractivity contribution is -0.117. The molecule has 5 heteroatoms. The summed E-state index contributed by atoms with van der Waals surface area (Å²) in [4.78, 5) is 19.1. The van der Waals surface area contributed by atoms with Crippen molar-refractivity contribution in [2.45, 2.75) is 26.3 Å². The molecule has 1 atom stereocenters. The number of hydrogen-bond donors (Lipinski definition) is 1. The van der Waals surface area contributed by atoms with Gasteiger partial charge in [-0.15, -0.1) is 11.3 Å². The van der Waals surface area contributed by atoms with E-state index in [4.69, 9.17) is 4.98 Å². The minimum Gasteiger partial charge on any atom is -0.325 e. The Bertz CT molecular complexity index is 841. The van der Waals surface area contributed by atoms with E-state index in [0.29, 0.717) is 6.54 Å². The van der Waals surface area contributed by atoms with Crippen molar-refractivity contribution in [2.75, 3.05) is 18.9 Å². The number of nitrogens with one attached hydrogen (secondary N) is 1. The lowest BCUT2D eigenvalue weighted by atomic mass is 10.1. The smallest absolute Gasteiger partial charge is 0.238 e. The van der Waals surface area contributed by atoms with Crippen molar-refractivity contribution in [3.8, 4) is 0 Å². The third-order valence-corrected chi connectivity index (χ3v) is 5.55. The molecule has 1 aromatic heterocycles. The number of hydrogen-bond acceptors (Lipinski definition) is 4. The van der Waals surface area contributed by atoms with Crippen LogP contribution in [0, 0.1) is 0 Å². The number of aromatic nitrogens is 1. The van der Waals surface area contributed by atoms with Crippen LogP contribution in [0.25, 0.3) is 10.2 Å². The Hall–Kier alpha value is -2.24.